The zero-order valence-electron chi connectivity index (χ0n) is 13.0. The van der Waals surface area contributed by atoms with E-state index in [0.29, 0.717) is 11.3 Å². The van der Waals surface area contributed by atoms with Crippen LogP contribution in [0.2, 0.25) is 0 Å². The normalized spacial score (nSPS) is 11.6. The monoisotopic (exact) mass is 314 g/mol. The molecule has 1 N–H and O–H groups in total. The molecule has 0 saturated carbocycles. The summed E-state index contributed by atoms with van der Waals surface area (Å²) in [5.41, 5.74) is 1.20. The molecule has 0 unspecified atom stereocenters. The van der Waals surface area contributed by atoms with Crippen molar-refractivity contribution in [2.75, 3.05) is 7.11 Å². The molecule has 0 aliphatic heterocycles. The van der Waals surface area contributed by atoms with Crippen LogP contribution in [-0.2, 0) is 11.2 Å². The number of para-hydroxylation sites is 2. The second-order valence-electron chi connectivity index (χ2n) is 5.09. The Morgan fingerprint density at radius 3 is 2.57 bits per heavy atom. The van der Waals surface area contributed by atoms with Gasteiger partial charge in [-0.25, -0.2) is 0 Å². The van der Waals surface area contributed by atoms with Crippen LogP contribution >= 0.6 is 0 Å². The van der Waals surface area contributed by atoms with Crippen LogP contribution in [0.4, 0.5) is 5.69 Å². The Morgan fingerprint density at radius 1 is 1.22 bits per heavy atom. The SMILES string of the molecule is COc1ccccc1[C@H](C)NC(=O)Cc1ccccc1[N+](=O)[O-]. The van der Waals surface area contributed by atoms with Crippen LogP contribution in [0.1, 0.15) is 24.1 Å². The summed E-state index contributed by atoms with van der Waals surface area (Å²) < 4.78 is 5.28. The first-order valence-electron chi connectivity index (χ1n) is 7.17. The molecule has 0 aliphatic carbocycles. The molecule has 1 amide bonds. The molecule has 2 rings (SSSR count). The highest BCUT2D eigenvalue weighted by Gasteiger charge is 2.18. The molecule has 1 atom stereocenters. The van der Waals surface area contributed by atoms with E-state index in [0.717, 1.165) is 5.56 Å². The molecule has 0 heterocycles. The molecule has 0 aliphatic rings. The van der Waals surface area contributed by atoms with Crippen LogP contribution in [0, 0.1) is 10.1 Å². The molecule has 0 saturated heterocycles. The Balaban J connectivity index is 2.09. The lowest BCUT2D eigenvalue weighted by Crippen LogP contribution is -2.28. The highest BCUT2D eigenvalue weighted by molar-refractivity contribution is 5.80. The van der Waals surface area contributed by atoms with Crippen LogP contribution in [0.3, 0.4) is 0 Å². The Bertz CT molecular complexity index is 715. The predicted molar refractivity (Wildman–Crippen MR) is 86.4 cm³/mol. The number of amides is 1. The number of rotatable bonds is 6. The van der Waals surface area contributed by atoms with Crippen molar-refractivity contribution in [2.45, 2.75) is 19.4 Å². The number of nitrogens with zero attached hydrogens (tertiary/aromatic N) is 1. The van der Waals surface area contributed by atoms with Crippen LogP contribution in [0.25, 0.3) is 0 Å². The van der Waals surface area contributed by atoms with Gasteiger partial charge in [-0.3, -0.25) is 14.9 Å². The fourth-order valence-corrected chi connectivity index (χ4v) is 2.41. The van der Waals surface area contributed by atoms with E-state index >= 15 is 0 Å². The van der Waals surface area contributed by atoms with Gasteiger partial charge in [-0.1, -0.05) is 36.4 Å². The number of ether oxygens (including phenoxy) is 1. The minimum absolute atomic E-state index is 0.0450. The van der Waals surface area contributed by atoms with Crippen molar-refractivity contribution in [3.8, 4) is 5.75 Å². The van der Waals surface area contributed by atoms with Gasteiger partial charge in [0.15, 0.2) is 0 Å². The molecule has 120 valence electrons. The summed E-state index contributed by atoms with van der Waals surface area (Å²) in [5.74, 6) is 0.406. The highest BCUT2D eigenvalue weighted by Crippen LogP contribution is 2.24. The maximum absolute atomic E-state index is 12.2. The first-order chi connectivity index (χ1) is 11.0. The summed E-state index contributed by atoms with van der Waals surface area (Å²) >= 11 is 0. The van der Waals surface area contributed by atoms with Crippen molar-refractivity contribution in [1.82, 2.24) is 5.32 Å². The third-order valence-corrected chi connectivity index (χ3v) is 3.52. The molecule has 0 bridgehead atoms. The van der Waals surface area contributed by atoms with Gasteiger partial charge in [0, 0.05) is 17.2 Å². The minimum Gasteiger partial charge on any atom is -0.496 e. The summed E-state index contributed by atoms with van der Waals surface area (Å²) in [6.45, 7) is 1.84. The Morgan fingerprint density at radius 2 is 1.87 bits per heavy atom. The number of nitrogens with one attached hydrogen (secondary N) is 1. The van der Waals surface area contributed by atoms with E-state index in [9.17, 15) is 14.9 Å². The molecule has 0 aromatic heterocycles. The Labute approximate surface area is 134 Å². The quantitative estimate of drug-likeness (QED) is 0.656. The average Bonchev–Trinajstić information content (AvgIpc) is 2.54. The van der Waals surface area contributed by atoms with Gasteiger partial charge in [-0.15, -0.1) is 0 Å². The van der Waals surface area contributed by atoms with E-state index in [1.807, 2.05) is 31.2 Å². The summed E-state index contributed by atoms with van der Waals surface area (Å²) in [6.07, 6.45) is -0.0450. The van der Waals surface area contributed by atoms with E-state index in [2.05, 4.69) is 5.32 Å². The molecule has 23 heavy (non-hydrogen) atoms. The topological polar surface area (TPSA) is 81.5 Å². The van der Waals surface area contributed by atoms with E-state index in [1.54, 1.807) is 25.3 Å². The second kappa shape index (κ2) is 7.40. The number of hydrogen-bond acceptors (Lipinski definition) is 4. The van der Waals surface area contributed by atoms with Crippen molar-refractivity contribution >= 4 is 11.6 Å². The van der Waals surface area contributed by atoms with Gasteiger partial charge in [0.1, 0.15) is 5.75 Å². The van der Waals surface area contributed by atoms with Crippen LogP contribution < -0.4 is 10.1 Å². The first kappa shape index (κ1) is 16.5. The van der Waals surface area contributed by atoms with Crippen molar-refractivity contribution < 1.29 is 14.5 Å². The number of methoxy groups -OCH3 is 1. The van der Waals surface area contributed by atoms with Gasteiger partial charge in [0.2, 0.25) is 5.91 Å². The Hall–Kier alpha value is -2.89. The van der Waals surface area contributed by atoms with Crippen molar-refractivity contribution in [1.29, 1.82) is 0 Å². The lowest BCUT2D eigenvalue weighted by Gasteiger charge is -2.17. The van der Waals surface area contributed by atoms with Crippen molar-refractivity contribution in [3.05, 3.63) is 69.8 Å². The standard InChI is InChI=1S/C17H18N2O4/c1-12(14-8-4-6-10-16(14)23-2)18-17(20)11-13-7-3-5-9-15(13)19(21)22/h3-10,12H,11H2,1-2H3,(H,18,20)/t12-/m0/s1. The minimum atomic E-state index is -0.480. The Kier molecular flexibility index (Phi) is 5.30. The third-order valence-electron chi connectivity index (χ3n) is 3.52. The molecule has 6 heteroatoms. The zero-order chi connectivity index (χ0) is 16.8. The van der Waals surface area contributed by atoms with Crippen molar-refractivity contribution in [2.24, 2.45) is 0 Å². The van der Waals surface area contributed by atoms with Gasteiger partial charge in [-0.2, -0.15) is 0 Å². The van der Waals surface area contributed by atoms with Crippen LogP contribution in [0.5, 0.6) is 5.75 Å². The first-order valence-corrected chi connectivity index (χ1v) is 7.17. The number of benzene rings is 2. The van der Waals surface area contributed by atoms with E-state index in [-0.39, 0.29) is 24.1 Å². The second-order valence-corrected chi connectivity index (χ2v) is 5.09. The number of carbonyl (C=O) groups is 1. The summed E-state index contributed by atoms with van der Waals surface area (Å²) in [4.78, 5) is 22.7. The van der Waals surface area contributed by atoms with Gasteiger partial charge < -0.3 is 10.1 Å². The summed E-state index contributed by atoms with van der Waals surface area (Å²) in [5, 5.41) is 13.8. The maximum atomic E-state index is 12.2. The fourth-order valence-electron chi connectivity index (χ4n) is 2.41. The average molecular weight is 314 g/mol. The molecule has 0 fully saturated rings. The van der Waals surface area contributed by atoms with Gasteiger partial charge in [0.05, 0.1) is 24.5 Å². The van der Waals surface area contributed by atoms with E-state index in [1.165, 1.54) is 6.07 Å². The molecule has 0 radical (unpaired) electrons. The number of nitro benzene ring substituents is 1. The molecule has 2 aromatic rings. The third kappa shape index (κ3) is 4.06. The molecule has 2 aromatic carbocycles. The zero-order valence-corrected chi connectivity index (χ0v) is 13.0. The smallest absolute Gasteiger partial charge is 0.273 e. The largest absolute Gasteiger partial charge is 0.496 e. The van der Waals surface area contributed by atoms with E-state index < -0.39 is 4.92 Å². The predicted octanol–water partition coefficient (Wildman–Crippen LogP) is 3.02. The van der Waals surface area contributed by atoms with Gasteiger partial charge in [-0.05, 0) is 13.0 Å². The lowest BCUT2D eigenvalue weighted by molar-refractivity contribution is -0.385. The van der Waals surface area contributed by atoms with Crippen LogP contribution in [-0.4, -0.2) is 17.9 Å². The van der Waals surface area contributed by atoms with Crippen LogP contribution in [0.15, 0.2) is 48.5 Å². The lowest BCUT2D eigenvalue weighted by atomic mass is 10.1. The summed E-state index contributed by atoms with van der Waals surface area (Å²) in [7, 11) is 1.57. The molecular formula is C17H18N2O4. The number of nitro groups is 1. The summed E-state index contributed by atoms with van der Waals surface area (Å²) in [6, 6.07) is 13.4. The van der Waals surface area contributed by atoms with Gasteiger partial charge in [0.25, 0.3) is 5.69 Å². The van der Waals surface area contributed by atoms with Crippen molar-refractivity contribution in [3.63, 3.8) is 0 Å². The number of hydrogen-bond donors (Lipinski definition) is 1. The van der Waals surface area contributed by atoms with Gasteiger partial charge >= 0.3 is 0 Å². The highest BCUT2D eigenvalue weighted by atomic mass is 16.6. The number of carbonyl (C=O) groups excluding carboxylic acids is 1. The molecule has 6 nitrogen and oxygen atoms in total. The maximum Gasteiger partial charge on any atom is 0.273 e. The fraction of sp³-hybridized carbons (Fsp3) is 0.235. The molecule has 0 spiro atoms. The molecular weight excluding hydrogens is 296 g/mol. The van der Waals surface area contributed by atoms with E-state index in [4.69, 9.17) is 4.74 Å².